The Hall–Kier alpha value is -3.57. The van der Waals surface area contributed by atoms with Crippen molar-refractivity contribution in [2.75, 3.05) is 12.8 Å². The first-order valence-electron chi connectivity index (χ1n) is 8.92. The predicted octanol–water partition coefficient (Wildman–Crippen LogP) is 2.20. The van der Waals surface area contributed by atoms with Crippen LogP contribution in [-0.2, 0) is 4.74 Å². The van der Waals surface area contributed by atoms with Gasteiger partial charge in [0.1, 0.15) is 33.9 Å². The van der Waals surface area contributed by atoms with Crippen LogP contribution in [0.2, 0.25) is 0 Å². The topological polar surface area (TPSA) is 129 Å². The molecule has 0 saturated heterocycles. The molecular formula is C21H23N5O3. The van der Waals surface area contributed by atoms with Crippen molar-refractivity contribution in [3.63, 3.8) is 0 Å². The van der Waals surface area contributed by atoms with Gasteiger partial charge in [-0.1, -0.05) is 12.0 Å². The quantitative estimate of drug-likeness (QED) is 0.585. The number of carbonyl (C=O) groups excluding carboxylic acids is 1. The van der Waals surface area contributed by atoms with Crippen LogP contribution in [0.5, 0.6) is 5.75 Å². The Morgan fingerprint density at radius 3 is 2.62 bits per heavy atom. The summed E-state index contributed by atoms with van der Waals surface area (Å²) in [5.41, 5.74) is 14.3. The molecule has 0 aliphatic heterocycles. The SMILES string of the molecule is COC(C)(C)C#Cc1cnc2c(C(N)=O)c(N)n(-c3c(C)ccc(O)c3C)c2n1. The fraction of sp³-hybridized carbons (Fsp3) is 0.286. The van der Waals surface area contributed by atoms with Gasteiger partial charge < -0.3 is 21.3 Å². The number of amides is 1. The van der Waals surface area contributed by atoms with Crippen molar-refractivity contribution in [2.24, 2.45) is 5.73 Å². The number of aromatic hydroxyl groups is 1. The van der Waals surface area contributed by atoms with Crippen LogP contribution in [0.15, 0.2) is 18.3 Å². The second-order valence-electron chi connectivity index (χ2n) is 7.23. The number of nitrogen functional groups attached to an aromatic ring is 1. The lowest BCUT2D eigenvalue weighted by atomic mass is 10.1. The lowest BCUT2D eigenvalue weighted by Gasteiger charge is -2.15. The van der Waals surface area contributed by atoms with E-state index in [0.29, 0.717) is 22.6 Å². The van der Waals surface area contributed by atoms with E-state index in [1.54, 1.807) is 30.7 Å². The number of phenols is 1. The van der Waals surface area contributed by atoms with E-state index in [4.69, 9.17) is 16.2 Å². The number of aryl methyl sites for hydroxylation is 1. The minimum Gasteiger partial charge on any atom is -0.508 e. The van der Waals surface area contributed by atoms with Crippen molar-refractivity contribution in [1.82, 2.24) is 14.5 Å². The number of fused-ring (bicyclic) bond motifs is 1. The second kappa shape index (κ2) is 7.11. The van der Waals surface area contributed by atoms with E-state index in [1.165, 1.54) is 6.20 Å². The second-order valence-corrected chi connectivity index (χ2v) is 7.23. The molecule has 2 aromatic heterocycles. The molecule has 3 aromatic rings. The number of aromatic nitrogens is 3. The molecule has 0 fully saturated rings. The summed E-state index contributed by atoms with van der Waals surface area (Å²) in [4.78, 5) is 21.0. The highest BCUT2D eigenvalue weighted by molar-refractivity contribution is 6.09. The number of nitrogens with two attached hydrogens (primary N) is 2. The molecule has 0 radical (unpaired) electrons. The van der Waals surface area contributed by atoms with Gasteiger partial charge in [0.05, 0.1) is 11.9 Å². The zero-order valence-corrected chi connectivity index (χ0v) is 17.0. The van der Waals surface area contributed by atoms with Crippen molar-refractivity contribution in [2.45, 2.75) is 33.3 Å². The Labute approximate surface area is 168 Å². The predicted molar refractivity (Wildman–Crippen MR) is 111 cm³/mol. The number of hydrogen-bond acceptors (Lipinski definition) is 6. The fourth-order valence-electron chi connectivity index (χ4n) is 3.02. The largest absolute Gasteiger partial charge is 0.508 e. The average molecular weight is 393 g/mol. The first kappa shape index (κ1) is 20.2. The van der Waals surface area contributed by atoms with Crippen LogP contribution in [0.25, 0.3) is 16.9 Å². The normalized spacial score (nSPS) is 11.3. The third kappa shape index (κ3) is 3.48. The molecule has 0 aliphatic rings. The smallest absolute Gasteiger partial charge is 0.254 e. The summed E-state index contributed by atoms with van der Waals surface area (Å²) in [6.45, 7) is 7.29. The number of ether oxygens (including phenoxy) is 1. The van der Waals surface area contributed by atoms with Gasteiger partial charge in [-0.15, -0.1) is 0 Å². The first-order valence-corrected chi connectivity index (χ1v) is 8.92. The van der Waals surface area contributed by atoms with E-state index in [-0.39, 0.29) is 22.6 Å². The Kier molecular flexibility index (Phi) is 4.95. The van der Waals surface area contributed by atoms with Crippen molar-refractivity contribution in [3.8, 4) is 23.3 Å². The van der Waals surface area contributed by atoms with Crippen LogP contribution in [0, 0.1) is 25.7 Å². The Morgan fingerprint density at radius 1 is 1.31 bits per heavy atom. The summed E-state index contributed by atoms with van der Waals surface area (Å²) in [5, 5.41) is 10.2. The molecule has 0 unspecified atom stereocenters. The number of phenolic OH excluding ortho intramolecular Hbond substituents is 1. The van der Waals surface area contributed by atoms with Gasteiger partial charge in [-0.3, -0.25) is 9.36 Å². The molecule has 0 aliphatic carbocycles. The maximum atomic E-state index is 12.1. The van der Waals surface area contributed by atoms with E-state index >= 15 is 0 Å². The summed E-state index contributed by atoms with van der Waals surface area (Å²) < 4.78 is 6.89. The molecule has 8 heteroatoms. The van der Waals surface area contributed by atoms with Crippen LogP contribution in [0.3, 0.4) is 0 Å². The van der Waals surface area contributed by atoms with E-state index in [1.807, 2.05) is 20.8 Å². The minimum absolute atomic E-state index is 0.0753. The Morgan fingerprint density at radius 2 is 2.00 bits per heavy atom. The average Bonchev–Trinajstić information content (AvgIpc) is 2.95. The van der Waals surface area contributed by atoms with E-state index in [0.717, 1.165) is 5.56 Å². The molecule has 0 atom stereocenters. The lowest BCUT2D eigenvalue weighted by molar-refractivity contribution is 0.0741. The molecule has 150 valence electrons. The minimum atomic E-state index is -0.713. The Bertz CT molecular complexity index is 1200. The van der Waals surface area contributed by atoms with Gasteiger partial charge in [0.15, 0.2) is 5.65 Å². The lowest BCUT2D eigenvalue weighted by Crippen LogP contribution is -2.19. The highest BCUT2D eigenvalue weighted by atomic mass is 16.5. The van der Waals surface area contributed by atoms with Crippen LogP contribution in [-0.4, -0.2) is 38.3 Å². The highest BCUT2D eigenvalue weighted by Gasteiger charge is 2.25. The monoisotopic (exact) mass is 393 g/mol. The van der Waals surface area contributed by atoms with Crippen molar-refractivity contribution < 1.29 is 14.6 Å². The summed E-state index contributed by atoms with van der Waals surface area (Å²) in [7, 11) is 1.57. The number of carbonyl (C=O) groups is 1. The number of primary amides is 1. The van der Waals surface area contributed by atoms with Gasteiger partial charge in [-0.2, -0.15) is 0 Å². The molecular weight excluding hydrogens is 370 g/mol. The van der Waals surface area contributed by atoms with Gasteiger partial charge in [0.25, 0.3) is 5.91 Å². The summed E-state index contributed by atoms with van der Waals surface area (Å²) >= 11 is 0. The third-order valence-corrected chi connectivity index (χ3v) is 4.78. The number of rotatable bonds is 3. The standard InChI is InChI=1S/C21H23N5O3/c1-11-6-7-14(27)12(2)17(11)26-18(22)15(19(23)28)16-20(26)25-13(10-24-16)8-9-21(3,4)29-5/h6-7,10,27H,22H2,1-5H3,(H2,23,28). The fourth-order valence-corrected chi connectivity index (χ4v) is 3.02. The molecule has 1 amide bonds. The summed E-state index contributed by atoms with van der Waals surface area (Å²) in [6, 6.07) is 3.35. The maximum absolute atomic E-state index is 12.1. The van der Waals surface area contributed by atoms with E-state index in [9.17, 15) is 9.90 Å². The van der Waals surface area contributed by atoms with Crippen LogP contribution >= 0.6 is 0 Å². The maximum Gasteiger partial charge on any atom is 0.254 e. The molecule has 2 heterocycles. The molecule has 3 rings (SSSR count). The molecule has 0 spiro atoms. The van der Waals surface area contributed by atoms with Gasteiger partial charge in [-0.25, -0.2) is 9.97 Å². The Balaban J connectivity index is 2.38. The van der Waals surface area contributed by atoms with Gasteiger partial charge in [0.2, 0.25) is 0 Å². The third-order valence-electron chi connectivity index (χ3n) is 4.78. The van der Waals surface area contributed by atoms with Crippen LogP contribution in [0.4, 0.5) is 5.82 Å². The molecule has 8 nitrogen and oxygen atoms in total. The molecule has 1 aromatic carbocycles. The van der Waals surface area contributed by atoms with E-state index < -0.39 is 11.5 Å². The van der Waals surface area contributed by atoms with Crippen molar-refractivity contribution >= 4 is 22.9 Å². The number of anilines is 1. The van der Waals surface area contributed by atoms with Crippen molar-refractivity contribution in [3.05, 3.63) is 40.7 Å². The number of nitrogens with zero attached hydrogens (tertiary/aromatic N) is 3. The van der Waals surface area contributed by atoms with Crippen LogP contribution < -0.4 is 11.5 Å². The number of methoxy groups -OCH3 is 1. The molecule has 0 bridgehead atoms. The molecule has 0 saturated carbocycles. The van der Waals surface area contributed by atoms with E-state index in [2.05, 4.69) is 21.8 Å². The number of hydrogen-bond donors (Lipinski definition) is 3. The highest BCUT2D eigenvalue weighted by Crippen LogP contribution is 2.34. The summed E-state index contributed by atoms with van der Waals surface area (Å²) in [6.07, 6.45) is 1.46. The molecule has 29 heavy (non-hydrogen) atoms. The number of benzene rings is 1. The van der Waals surface area contributed by atoms with Gasteiger partial charge >= 0.3 is 0 Å². The van der Waals surface area contributed by atoms with Gasteiger partial charge in [-0.05, 0) is 45.2 Å². The van der Waals surface area contributed by atoms with Crippen LogP contribution in [0.1, 0.15) is 41.0 Å². The summed E-state index contributed by atoms with van der Waals surface area (Å²) in [5.74, 6) is 5.40. The first-order chi connectivity index (χ1) is 13.6. The molecule has 5 N–H and O–H groups in total. The van der Waals surface area contributed by atoms with Crippen molar-refractivity contribution in [1.29, 1.82) is 0 Å². The zero-order chi connectivity index (χ0) is 21.5. The zero-order valence-electron chi connectivity index (χ0n) is 17.0. The van der Waals surface area contributed by atoms with Gasteiger partial charge in [0, 0.05) is 12.7 Å².